The SMILES string of the molecule is CCCNC(=O)NCCc1cc(C(=O)c2ccccc2)cc2ccc3c(c(O)cn3-c3ccccc3)c12. The topological polar surface area (TPSA) is 83.4 Å². The minimum absolute atomic E-state index is 0.0661. The van der Waals surface area contributed by atoms with Gasteiger partial charge in [0.25, 0.3) is 0 Å². The fourth-order valence-corrected chi connectivity index (χ4v) is 4.76. The van der Waals surface area contributed by atoms with Crippen molar-refractivity contribution in [3.05, 3.63) is 108 Å². The van der Waals surface area contributed by atoms with Gasteiger partial charge < -0.3 is 20.3 Å². The summed E-state index contributed by atoms with van der Waals surface area (Å²) in [5, 5.41) is 19.3. The third-order valence-electron chi connectivity index (χ3n) is 6.49. The van der Waals surface area contributed by atoms with E-state index in [0.717, 1.165) is 39.3 Å². The maximum atomic E-state index is 13.3. The van der Waals surface area contributed by atoms with Crippen LogP contribution in [0, 0.1) is 0 Å². The first-order valence-electron chi connectivity index (χ1n) is 12.5. The first-order valence-corrected chi connectivity index (χ1v) is 12.5. The van der Waals surface area contributed by atoms with Crippen LogP contribution in [0.1, 0.15) is 34.8 Å². The van der Waals surface area contributed by atoms with Crippen molar-refractivity contribution >= 4 is 33.5 Å². The molecule has 0 saturated heterocycles. The predicted octanol–water partition coefficient (Wildman–Crippen LogP) is 5.97. The number of ketones is 1. The van der Waals surface area contributed by atoms with Crippen molar-refractivity contribution in [2.75, 3.05) is 13.1 Å². The minimum Gasteiger partial charge on any atom is -0.506 e. The number of hydrogen-bond donors (Lipinski definition) is 3. The molecular formula is C31H29N3O3. The van der Waals surface area contributed by atoms with E-state index in [1.165, 1.54) is 0 Å². The monoisotopic (exact) mass is 491 g/mol. The van der Waals surface area contributed by atoms with Gasteiger partial charge in [-0.1, -0.05) is 61.5 Å². The number of urea groups is 1. The Morgan fingerprint density at radius 2 is 1.51 bits per heavy atom. The van der Waals surface area contributed by atoms with E-state index >= 15 is 0 Å². The molecule has 5 rings (SSSR count). The first kappa shape index (κ1) is 24.1. The lowest BCUT2D eigenvalue weighted by Crippen LogP contribution is -2.36. The highest BCUT2D eigenvalue weighted by molar-refractivity contribution is 6.16. The van der Waals surface area contributed by atoms with Crippen LogP contribution < -0.4 is 10.6 Å². The molecule has 6 nitrogen and oxygen atoms in total. The molecule has 1 heterocycles. The van der Waals surface area contributed by atoms with E-state index in [0.29, 0.717) is 30.6 Å². The molecule has 0 aliphatic heterocycles. The zero-order valence-corrected chi connectivity index (χ0v) is 20.7. The largest absolute Gasteiger partial charge is 0.506 e. The second-order valence-corrected chi connectivity index (χ2v) is 9.04. The van der Waals surface area contributed by atoms with E-state index in [-0.39, 0.29) is 17.6 Å². The van der Waals surface area contributed by atoms with E-state index < -0.39 is 0 Å². The summed E-state index contributed by atoms with van der Waals surface area (Å²) >= 11 is 0. The quantitative estimate of drug-likeness (QED) is 0.234. The summed E-state index contributed by atoms with van der Waals surface area (Å²) in [6.45, 7) is 3.00. The Bertz CT molecular complexity index is 1570. The number of aromatic nitrogens is 1. The molecule has 0 bridgehead atoms. The zero-order chi connectivity index (χ0) is 25.8. The first-order chi connectivity index (χ1) is 18.1. The number of nitrogens with one attached hydrogen (secondary N) is 2. The van der Waals surface area contributed by atoms with Crippen LogP contribution in [0.15, 0.2) is 91.1 Å². The van der Waals surface area contributed by atoms with Crippen LogP contribution in [-0.2, 0) is 6.42 Å². The summed E-state index contributed by atoms with van der Waals surface area (Å²) in [7, 11) is 0. The van der Waals surface area contributed by atoms with Crippen molar-refractivity contribution in [2.24, 2.45) is 0 Å². The molecule has 6 heteroatoms. The summed E-state index contributed by atoms with van der Waals surface area (Å²) in [6, 6.07) is 26.6. The summed E-state index contributed by atoms with van der Waals surface area (Å²) < 4.78 is 1.97. The molecule has 1 aromatic heterocycles. The number of para-hydroxylation sites is 1. The molecule has 37 heavy (non-hydrogen) atoms. The second-order valence-electron chi connectivity index (χ2n) is 9.04. The molecule has 0 saturated carbocycles. The number of rotatable bonds is 8. The van der Waals surface area contributed by atoms with E-state index in [1.54, 1.807) is 18.3 Å². The molecule has 0 atom stereocenters. The fourth-order valence-electron chi connectivity index (χ4n) is 4.76. The number of nitrogens with zero attached hydrogens (tertiary/aromatic N) is 1. The number of aromatic hydroxyl groups is 1. The molecular weight excluding hydrogens is 462 g/mol. The Hall–Kier alpha value is -4.58. The van der Waals surface area contributed by atoms with Gasteiger partial charge in [0, 0.05) is 35.3 Å². The minimum atomic E-state index is -0.217. The number of carbonyl (C=O) groups excluding carboxylic acids is 2. The van der Waals surface area contributed by atoms with Gasteiger partial charge in [0.2, 0.25) is 0 Å². The summed E-state index contributed by atoms with van der Waals surface area (Å²) in [5.74, 6) is 0.102. The van der Waals surface area contributed by atoms with Gasteiger partial charge in [-0.3, -0.25) is 4.79 Å². The third kappa shape index (κ3) is 4.91. The van der Waals surface area contributed by atoms with E-state index in [4.69, 9.17) is 0 Å². The van der Waals surface area contributed by atoms with Crippen LogP contribution in [0.5, 0.6) is 5.75 Å². The average Bonchev–Trinajstić information content (AvgIpc) is 3.28. The van der Waals surface area contributed by atoms with Crippen LogP contribution in [0.4, 0.5) is 4.79 Å². The Labute approximate surface area is 215 Å². The summed E-state index contributed by atoms with van der Waals surface area (Å²) in [6.07, 6.45) is 3.08. The van der Waals surface area contributed by atoms with Crippen molar-refractivity contribution in [2.45, 2.75) is 19.8 Å². The van der Waals surface area contributed by atoms with E-state index in [9.17, 15) is 14.7 Å². The van der Waals surface area contributed by atoms with Gasteiger partial charge in [0.15, 0.2) is 5.78 Å². The maximum absolute atomic E-state index is 13.3. The highest BCUT2D eigenvalue weighted by atomic mass is 16.3. The highest BCUT2D eigenvalue weighted by Gasteiger charge is 2.18. The zero-order valence-electron chi connectivity index (χ0n) is 20.7. The second kappa shape index (κ2) is 10.6. The van der Waals surface area contributed by atoms with Gasteiger partial charge in [0.05, 0.1) is 11.7 Å². The van der Waals surface area contributed by atoms with E-state index in [1.807, 2.05) is 84.3 Å². The van der Waals surface area contributed by atoms with Crippen molar-refractivity contribution in [3.8, 4) is 11.4 Å². The van der Waals surface area contributed by atoms with Gasteiger partial charge in [-0.2, -0.15) is 0 Å². The lowest BCUT2D eigenvalue weighted by Gasteiger charge is -2.13. The van der Waals surface area contributed by atoms with Gasteiger partial charge in [-0.25, -0.2) is 4.79 Å². The smallest absolute Gasteiger partial charge is 0.314 e. The molecule has 4 aromatic carbocycles. The van der Waals surface area contributed by atoms with Crippen LogP contribution >= 0.6 is 0 Å². The third-order valence-corrected chi connectivity index (χ3v) is 6.49. The lowest BCUT2D eigenvalue weighted by molar-refractivity contribution is 0.103. The molecule has 2 amide bonds. The molecule has 3 N–H and O–H groups in total. The normalized spacial score (nSPS) is 11.1. The molecule has 0 aliphatic carbocycles. The van der Waals surface area contributed by atoms with Crippen LogP contribution in [0.2, 0.25) is 0 Å². The van der Waals surface area contributed by atoms with Crippen LogP contribution in [-0.4, -0.2) is 34.6 Å². The number of carbonyl (C=O) groups is 2. The van der Waals surface area contributed by atoms with E-state index in [2.05, 4.69) is 10.6 Å². The maximum Gasteiger partial charge on any atom is 0.314 e. The average molecular weight is 492 g/mol. The number of amides is 2. The van der Waals surface area contributed by atoms with Crippen molar-refractivity contribution in [3.63, 3.8) is 0 Å². The Morgan fingerprint density at radius 3 is 2.24 bits per heavy atom. The van der Waals surface area contributed by atoms with Crippen LogP contribution in [0.3, 0.4) is 0 Å². The number of hydrogen-bond acceptors (Lipinski definition) is 3. The Balaban J connectivity index is 1.62. The van der Waals surface area contributed by atoms with Gasteiger partial charge >= 0.3 is 6.03 Å². The van der Waals surface area contributed by atoms with Gasteiger partial charge in [-0.05, 0) is 59.5 Å². The van der Waals surface area contributed by atoms with Crippen molar-refractivity contribution in [1.29, 1.82) is 0 Å². The predicted molar refractivity (Wildman–Crippen MR) is 148 cm³/mol. The molecule has 0 fully saturated rings. The van der Waals surface area contributed by atoms with Gasteiger partial charge in [0.1, 0.15) is 5.75 Å². The van der Waals surface area contributed by atoms with Gasteiger partial charge in [-0.15, -0.1) is 0 Å². The molecule has 0 aliphatic rings. The Morgan fingerprint density at radius 1 is 0.811 bits per heavy atom. The molecule has 0 spiro atoms. The Kier molecular flexibility index (Phi) is 6.90. The summed E-state index contributed by atoms with van der Waals surface area (Å²) in [4.78, 5) is 25.5. The van der Waals surface area contributed by atoms with Crippen LogP contribution in [0.25, 0.3) is 27.4 Å². The number of fused-ring (bicyclic) bond motifs is 3. The fraction of sp³-hybridized carbons (Fsp3) is 0.161. The molecule has 5 aromatic rings. The van der Waals surface area contributed by atoms with Crippen molar-refractivity contribution in [1.82, 2.24) is 15.2 Å². The highest BCUT2D eigenvalue weighted by Crippen LogP contribution is 2.38. The molecule has 0 unspecified atom stereocenters. The standard InChI is InChI=1S/C31H29N3O3/c1-2-16-32-31(37)33-17-15-23-19-24(30(36)21-9-5-3-6-10-21)18-22-13-14-26-29(28(22)23)27(35)20-34(26)25-11-7-4-8-12-25/h3-14,18-20,35H,2,15-17H2,1H3,(H2,32,33,37). The molecule has 186 valence electrons. The number of benzene rings is 4. The molecule has 0 radical (unpaired) electrons. The summed E-state index contributed by atoms with van der Waals surface area (Å²) in [5.41, 5.74) is 3.89. The van der Waals surface area contributed by atoms with Crippen molar-refractivity contribution < 1.29 is 14.7 Å². The lowest BCUT2D eigenvalue weighted by atomic mass is 9.93.